The van der Waals surface area contributed by atoms with Gasteiger partial charge in [-0.15, -0.1) is 0 Å². The molecule has 0 bridgehead atoms. The average Bonchev–Trinajstić information content (AvgIpc) is 3.19. The van der Waals surface area contributed by atoms with Gasteiger partial charge in [-0.25, -0.2) is 14.5 Å². The van der Waals surface area contributed by atoms with Gasteiger partial charge in [-0.05, 0) is 31.2 Å². The number of ether oxygens (including phenoxy) is 2. The fourth-order valence-corrected chi connectivity index (χ4v) is 2.95. The zero-order chi connectivity index (χ0) is 22.5. The second-order valence-electron chi connectivity index (χ2n) is 6.58. The minimum Gasteiger partial charge on any atom is -0.495 e. The Morgan fingerprint density at radius 2 is 1.94 bits per heavy atom. The van der Waals surface area contributed by atoms with E-state index in [9.17, 15) is 4.79 Å². The summed E-state index contributed by atoms with van der Waals surface area (Å²) in [6.07, 6.45) is 3.08. The molecule has 0 aliphatic heterocycles. The van der Waals surface area contributed by atoms with Gasteiger partial charge in [0.1, 0.15) is 11.3 Å². The maximum Gasteiger partial charge on any atom is 0.342 e. The van der Waals surface area contributed by atoms with Crippen molar-refractivity contribution in [3.8, 4) is 11.6 Å². The van der Waals surface area contributed by atoms with E-state index in [1.807, 2.05) is 18.2 Å². The lowest BCUT2D eigenvalue weighted by Crippen LogP contribution is -2.12. The first-order chi connectivity index (χ1) is 15.5. The summed E-state index contributed by atoms with van der Waals surface area (Å²) >= 11 is 0. The molecule has 0 saturated heterocycles. The second-order valence-corrected chi connectivity index (χ2v) is 6.58. The smallest absolute Gasteiger partial charge is 0.342 e. The lowest BCUT2D eigenvalue weighted by Gasteiger charge is -2.11. The Hall–Kier alpha value is -4.54. The number of nitrogen functional groups attached to an aromatic ring is 1. The van der Waals surface area contributed by atoms with E-state index in [1.165, 1.54) is 6.20 Å². The lowest BCUT2D eigenvalue weighted by atomic mass is 10.2. The Bertz CT molecular complexity index is 1240. The quantitative estimate of drug-likeness (QED) is 0.418. The van der Waals surface area contributed by atoms with Crippen LogP contribution in [0.5, 0.6) is 5.75 Å². The van der Waals surface area contributed by atoms with Crippen molar-refractivity contribution in [2.75, 3.05) is 18.2 Å². The zero-order valence-corrected chi connectivity index (χ0v) is 17.4. The molecule has 11 heteroatoms. The van der Waals surface area contributed by atoms with E-state index in [4.69, 9.17) is 15.2 Å². The molecule has 3 heterocycles. The number of anilines is 3. The number of methoxy groups -OCH3 is 1. The number of aromatic nitrogens is 6. The van der Waals surface area contributed by atoms with E-state index in [-0.39, 0.29) is 24.3 Å². The monoisotopic (exact) mass is 432 g/mol. The zero-order valence-electron chi connectivity index (χ0n) is 17.4. The Morgan fingerprint density at radius 3 is 2.72 bits per heavy atom. The molecule has 0 saturated carbocycles. The third-order valence-corrected chi connectivity index (χ3v) is 4.48. The first-order valence-corrected chi connectivity index (χ1v) is 9.59. The molecule has 32 heavy (non-hydrogen) atoms. The van der Waals surface area contributed by atoms with Crippen LogP contribution in [0.1, 0.15) is 21.9 Å². The van der Waals surface area contributed by atoms with Crippen LogP contribution in [0, 0.1) is 6.92 Å². The summed E-state index contributed by atoms with van der Waals surface area (Å²) in [5.41, 5.74) is 7.36. The van der Waals surface area contributed by atoms with Crippen LogP contribution < -0.4 is 15.8 Å². The number of nitrogens with zero attached hydrogens (tertiary/aromatic N) is 6. The number of rotatable bonds is 7. The summed E-state index contributed by atoms with van der Waals surface area (Å²) in [5, 5.41) is 7.25. The molecular formula is C21H20N8O3. The van der Waals surface area contributed by atoms with Crippen molar-refractivity contribution in [3.05, 3.63) is 71.9 Å². The predicted molar refractivity (Wildman–Crippen MR) is 116 cm³/mol. The SMILES string of the molecule is COc1ccccc1Nc1nc(N)nc(COC(=O)c2cnn(-c3ccccn3)c2C)n1. The average molecular weight is 432 g/mol. The van der Waals surface area contributed by atoms with Crippen molar-refractivity contribution in [2.24, 2.45) is 0 Å². The molecule has 0 aliphatic carbocycles. The van der Waals surface area contributed by atoms with Crippen molar-refractivity contribution in [1.29, 1.82) is 0 Å². The van der Waals surface area contributed by atoms with E-state index >= 15 is 0 Å². The summed E-state index contributed by atoms with van der Waals surface area (Å²) in [4.78, 5) is 29.2. The first kappa shape index (κ1) is 20.7. The van der Waals surface area contributed by atoms with Crippen molar-refractivity contribution in [1.82, 2.24) is 29.7 Å². The molecule has 4 rings (SSSR count). The molecule has 11 nitrogen and oxygen atoms in total. The predicted octanol–water partition coefficient (Wildman–Crippen LogP) is 2.45. The van der Waals surface area contributed by atoms with Crippen LogP contribution in [0.4, 0.5) is 17.6 Å². The number of hydrogen-bond acceptors (Lipinski definition) is 10. The second kappa shape index (κ2) is 9.08. The maximum absolute atomic E-state index is 12.6. The molecule has 0 spiro atoms. The molecule has 0 atom stereocenters. The molecule has 3 aromatic heterocycles. The van der Waals surface area contributed by atoms with Crippen LogP contribution in [-0.4, -0.2) is 42.8 Å². The minimum atomic E-state index is -0.567. The van der Waals surface area contributed by atoms with Gasteiger partial charge < -0.3 is 20.5 Å². The van der Waals surface area contributed by atoms with Crippen LogP contribution in [-0.2, 0) is 11.3 Å². The number of benzene rings is 1. The van der Waals surface area contributed by atoms with E-state index in [1.54, 1.807) is 49.2 Å². The van der Waals surface area contributed by atoms with Gasteiger partial charge >= 0.3 is 5.97 Å². The van der Waals surface area contributed by atoms with Gasteiger partial charge in [-0.1, -0.05) is 18.2 Å². The topological polar surface area (TPSA) is 143 Å². The molecule has 162 valence electrons. The summed E-state index contributed by atoms with van der Waals surface area (Å²) in [6.45, 7) is 1.56. The fraction of sp³-hybridized carbons (Fsp3) is 0.143. The van der Waals surface area contributed by atoms with Crippen LogP contribution in [0.3, 0.4) is 0 Å². The van der Waals surface area contributed by atoms with Gasteiger partial charge in [0.15, 0.2) is 18.2 Å². The highest BCUT2D eigenvalue weighted by molar-refractivity contribution is 5.90. The minimum absolute atomic E-state index is 0.0115. The molecule has 0 unspecified atom stereocenters. The summed E-state index contributed by atoms with van der Waals surface area (Å²) in [7, 11) is 1.56. The number of hydrogen-bond donors (Lipinski definition) is 2. The van der Waals surface area contributed by atoms with Gasteiger partial charge in [0.05, 0.1) is 24.7 Å². The molecule has 0 aliphatic rings. The molecular weight excluding hydrogens is 412 g/mol. The molecule has 0 fully saturated rings. The summed E-state index contributed by atoms with van der Waals surface area (Å²) in [6, 6.07) is 12.7. The summed E-state index contributed by atoms with van der Waals surface area (Å²) in [5.74, 6) is 1.02. The van der Waals surface area contributed by atoms with Crippen molar-refractivity contribution in [2.45, 2.75) is 13.5 Å². The first-order valence-electron chi connectivity index (χ1n) is 9.59. The number of pyridine rings is 1. The molecule has 0 radical (unpaired) electrons. The standard InChI is InChI=1S/C21H20N8O3/c1-13-14(11-24-29(13)18-9-5-6-10-23-18)19(30)32-12-17-26-20(22)28-21(27-17)25-15-7-3-4-8-16(15)31-2/h3-11H,12H2,1-2H3,(H3,22,25,26,27,28). The summed E-state index contributed by atoms with van der Waals surface area (Å²) < 4.78 is 12.2. The van der Waals surface area contributed by atoms with E-state index in [2.05, 4.69) is 30.4 Å². The van der Waals surface area contributed by atoms with Gasteiger partial charge in [0, 0.05) is 6.20 Å². The molecule has 4 aromatic rings. The van der Waals surface area contributed by atoms with Crippen molar-refractivity contribution >= 4 is 23.6 Å². The van der Waals surface area contributed by atoms with Crippen molar-refractivity contribution < 1.29 is 14.3 Å². The van der Waals surface area contributed by atoms with E-state index in [0.717, 1.165) is 0 Å². The number of esters is 1. The Labute approximate surface area is 183 Å². The molecule has 1 aromatic carbocycles. The molecule has 3 N–H and O–H groups in total. The van der Waals surface area contributed by atoms with Crippen LogP contribution in [0.2, 0.25) is 0 Å². The Morgan fingerprint density at radius 1 is 1.12 bits per heavy atom. The highest BCUT2D eigenvalue weighted by atomic mass is 16.5. The highest BCUT2D eigenvalue weighted by Crippen LogP contribution is 2.25. The highest BCUT2D eigenvalue weighted by Gasteiger charge is 2.18. The third kappa shape index (κ3) is 4.46. The van der Waals surface area contributed by atoms with E-state index < -0.39 is 5.97 Å². The Balaban J connectivity index is 1.47. The number of nitrogens with one attached hydrogen (secondary N) is 1. The Kier molecular flexibility index (Phi) is 5.88. The third-order valence-electron chi connectivity index (χ3n) is 4.48. The van der Waals surface area contributed by atoms with Crippen LogP contribution in [0.15, 0.2) is 54.9 Å². The fourth-order valence-electron chi connectivity index (χ4n) is 2.95. The number of carbonyl (C=O) groups excluding carboxylic acids is 1. The van der Waals surface area contributed by atoms with E-state index in [0.29, 0.717) is 28.5 Å². The number of para-hydroxylation sites is 2. The van der Waals surface area contributed by atoms with Gasteiger partial charge in [0.2, 0.25) is 11.9 Å². The number of carbonyl (C=O) groups is 1. The van der Waals surface area contributed by atoms with Gasteiger partial charge in [0.25, 0.3) is 0 Å². The lowest BCUT2D eigenvalue weighted by molar-refractivity contribution is 0.0461. The van der Waals surface area contributed by atoms with Gasteiger partial charge in [-0.3, -0.25) is 0 Å². The van der Waals surface area contributed by atoms with Gasteiger partial charge in [-0.2, -0.15) is 20.1 Å². The number of nitrogens with two attached hydrogens (primary N) is 1. The normalized spacial score (nSPS) is 10.6. The largest absolute Gasteiger partial charge is 0.495 e. The maximum atomic E-state index is 12.6. The molecule has 0 amide bonds. The van der Waals surface area contributed by atoms with Crippen molar-refractivity contribution in [3.63, 3.8) is 0 Å². The van der Waals surface area contributed by atoms with Crippen LogP contribution in [0.25, 0.3) is 5.82 Å². The van der Waals surface area contributed by atoms with Crippen LogP contribution >= 0.6 is 0 Å².